The summed E-state index contributed by atoms with van der Waals surface area (Å²) in [6.07, 6.45) is 6.21. The topological polar surface area (TPSA) is 38.0 Å². The number of rotatable bonds is 4. The van der Waals surface area contributed by atoms with E-state index in [9.17, 15) is 0 Å². The summed E-state index contributed by atoms with van der Waals surface area (Å²) in [5.74, 6) is 2.66. The van der Waals surface area contributed by atoms with Gasteiger partial charge in [-0.3, -0.25) is 0 Å². The van der Waals surface area contributed by atoms with E-state index in [0.29, 0.717) is 0 Å². The SMILES string of the molecule is C#CC(CC)NCC(C)(C)N. The van der Waals surface area contributed by atoms with Gasteiger partial charge >= 0.3 is 0 Å². The number of terminal acetylenes is 1. The van der Waals surface area contributed by atoms with Gasteiger partial charge in [0.25, 0.3) is 0 Å². The van der Waals surface area contributed by atoms with E-state index in [1.807, 2.05) is 13.8 Å². The van der Waals surface area contributed by atoms with Crippen LogP contribution in [0.2, 0.25) is 0 Å². The van der Waals surface area contributed by atoms with Crippen molar-refractivity contribution in [3.05, 3.63) is 0 Å². The molecule has 0 heterocycles. The maximum atomic E-state index is 5.76. The summed E-state index contributed by atoms with van der Waals surface area (Å²) in [6.45, 7) is 6.77. The third kappa shape index (κ3) is 5.90. The van der Waals surface area contributed by atoms with Gasteiger partial charge in [0, 0.05) is 12.1 Å². The van der Waals surface area contributed by atoms with Gasteiger partial charge in [-0.25, -0.2) is 0 Å². The Kier molecular flexibility index (Phi) is 4.17. The highest BCUT2D eigenvalue weighted by molar-refractivity contribution is 4.98. The molecule has 0 aliphatic carbocycles. The first-order valence-electron chi connectivity index (χ1n) is 3.98. The molecule has 2 nitrogen and oxygen atoms in total. The van der Waals surface area contributed by atoms with Gasteiger partial charge in [0.15, 0.2) is 0 Å². The van der Waals surface area contributed by atoms with Crippen molar-refractivity contribution in [2.24, 2.45) is 5.73 Å². The molecule has 0 aromatic heterocycles. The van der Waals surface area contributed by atoms with Crippen molar-refractivity contribution < 1.29 is 0 Å². The van der Waals surface area contributed by atoms with Crippen LogP contribution in [0.5, 0.6) is 0 Å². The molecule has 0 aliphatic rings. The Morgan fingerprint density at radius 3 is 2.45 bits per heavy atom. The van der Waals surface area contributed by atoms with Crippen LogP contribution in [0.15, 0.2) is 0 Å². The largest absolute Gasteiger partial charge is 0.324 e. The van der Waals surface area contributed by atoms with Crippen molar-refractivity contribution in [2.75, 3.05) is 6.54 Å². The van der Waals surface area contributed by atoms with Crippen molar-refractivity contribution in [1.82, 2.24) is 5.32 Å². The van der Waals surface area contributed by atoms with Crippen LogP contribution in [0.4, 0.5) is 0 Å². The molecule has 0 spiro atoms. The van der Waals surface area contributed by atoms with Gasteiger partial charge in [0.1, 0.15) is 0 Å². The van der Waals surface area contributed by atoms with Crippen molar-refractivity contribution in [3.8, 4) is 12.3 Å². The van der Waals surface area contributed by atoms with E-state index in [-0.39, 0.29) is 11.6 Å². The Morgan fingerprint density at radius 1 is 1.64 bits per heavy atom. The maximum Gasteiger partial charge on any atom is 0.0684 e. The number of nitrogens with one attached hydrogen (secondary N) is 1. The predicted molar refractivity (Wildman–Crippen MR) is 49.2 cm³/mol. The fraction of sp³-hybridized carbons (Fsp3) is 0.778. The van der Waals surface area contributed by atoms with Crippen LogP contribution in [0.25, 0.3) is 0 Å². The zero-order chi connectivity index (χ0) is 8.91. The molecule has 1 atom stereocenters. The second-order valence-electron chi connectivity index (χ2n) is 3.50. The second kappa shape index (κ2) is 4.38. The molecule has 0 saturated heterocycles. The normalized spacial score (nSPS) is 14.1. The van der Waals surface area contributed by atoms with Gasteiger partial charge in [-0.05, 0) is 20.3 Å². The van der Waals surface area contributed by atoms with Crippen molar-refractivity contribution in [2.45, 2.75) is 38.8 Å². The number of hydrogen-bond acceptors (Lipinski definition) is 2. The molecule has 0 radical (unpaired) electrons. The quantitative estimate of drug-likeness (QED) is 0.586. The zero-order valence-electron chi connectivity index (χ0n) is 7.65. The smallest absolute Gasteiger partial charge is 0.0684 e. The van der Waals surface area contributed by atoms with Crippen LogP contribution in [0.1, 0.15) is 27.2 Å². The van der Waals surface area contributed by atoms with E-state index in [0.717, 1.165) is 13.0 Å². The molecule has 0 aromatic rings. The Hall–Kier alpha value is -0.520. The first-order valence-corrected chi connectivity index (χ1v) is 3.98. The molecule has 0 rings (SSSR count). The minimum absolute atomic E-state index is 0.165. The average molecular weight is 154 g/mol. The van der Waals surface area contributed by atoms with Crippen LogP contribution < -0.4 is 11.1 Å². The van der Waals surface area contributed by atoms with E-state index in [1.54, 1.807) is 0 Å². The van der Waals surface area contributed by atoms with E-state index in [1.165, 1.54) is 0 Å². The maximum absolute atomic E-state index is 5.76. The fourth-order valence-corrected chi connectivity index (χ4v) is 0.707. The third-order valence-electron chi connectivity index (χ3n) is 1.41. The van der Waals surface area contributed by atoms with E-state index < -0.39 is 0 Å². The lowest BCUT2D eigenvalue weighted by molar-refractivity contribution is 0.444. The number of hydrogen-bond donors (Lipinski definition) is 2. The summed E-state index contributed by atoms with van der Waals surface area (Å²) in [4.78, 5) is 0. The number of nitrogens with two attached hydrogens (primary N) is 1. The molecule has 0 aromatic carbocycles. The zero-order valence-corrected chi connectivity index (χ0v) is 7.65. The van der Waals surface area contributed by atoms with Gasteiger partial charge in [-0.1, -0.05) is 12.8 Å². The summed E-state index contributed by atoms with van der Waals surface area (Å²) in [5.41, 5.74) is 5.59. The minimum atomic E-state index is -0.176. The highest BCUT2D eigenvalue weighted by atomic mass is 14.9. The lowest BCUT2D eigenvalue weighted by Crippen LogP contribution is -2.46. The molecule has 2 heteroatoms. The van der Waals surface area contributed by atoms with Crippen LogP contribution in [0.3, 0.4) is 0 Å². The van der Waals surface area contributed by atoms with E-state index in [2.05, 4.69) is 18.2 Å². The first kappa shape index (κ1) is 10.5. The molecule has 0 fully saturated rings. The van der Waals surface area contributed by atoms with Gasteiger partial charge in [0.2, 0.25) is 0 Å². The fourth-order valence-electron chi connectivity index (χ4n) is 0.707. The summed E-state index contributed by atoms with van der Waals surface area (Å²) in [5, 5.41) is 3.20. The van der Waals surface area contributed by atoms with E-state index in [4.69, 9.17) is 12.2 Å². The monoisotopic (exact) mass is 154 g/mol. The summed E-state index contributed by atoms with van der Waals surface area (Å²) in [6, 6.07) is 0.165. The van der Waals surface area contributed by atoms with E-state index >= 15 is 0 Å². The molecule has 3 N–H and O–H groups in total. The molecular formula is C9H18N2. The highest BCUT2D eigenvalue weighted by Gasteiger charge is 2.11. The highest BCUT2D eigenvalue weighted by Crippen LogP contribution is 1.95. The molecular weight excluding hydrogens is 136 g/mol. The Bertz CT molecular complexity index is 139. The summed E-state index contributed by atoms with van der Waals surface area (Å²) >= 11 is 0. The molecule has 0 amide bonds. The van der Waals surface area contributed by atoms with Crippen molar-refractivity contribution >= 4 is 0 Å². The van der Waals surface area contributed by atoms with Crippen LogP contribution in [-0.4, -0.2) is 18.1 Å². The van der Waals surface area contributed by atoms with Gasteiger partial charge in [0.05, 0.1) is 6.04 Å². The Labute approximate surface area is 69.5 Å². The molecule has 11 heavy (non-hydrogen) atoms. The lowest BCUT2D eigenvalue weighted by Gasteiger charge is -2.21. The average Bonchev–Trinajstić information content (AvgIpc) is 1.88. The molecule has 0 aliphatic heterocycles. The first-order chi connectivity index (χ1) is 4.99. The van der Waals surface area contributed by atoms with Crippen molar-refractivity contribution in [1.29, 1.82) is 0 Å². The molecule has 0 bridgehead atoms. The van der Waals surface area contributed by atoms with Crippen LogP contribution in [-0.2, 0) is 0 Å². The summed E-state index contributed by atoms with van der Waals surface area (Å²) in [7, 11) is 0. The van der Waals surface area contributed by atoms with Crippen LogP contribution >= 0.6 is 0 Å². The van der Waals surface area contributed by atoms with Gasteiger partial charge in [-0.2, -0.15) is 0 Å². The van der Waals surface area contributed by atoms with Crippen molar-refractivity contribution in [3.63, 3.8) is 0 Å². The van der Waals surface area contributed by atoms with Crippen LogP contribution in [0, 0.1) is 12.3 Å². The minimum Gasteiger partial charge on any atom is -0.324 e. The predicted octanol–water partition coefficient (Wildman–Crippen LogP) is 0.725. The Morgan fingerprint density at radius 2 is 2.18 bits per heavy atom. The molecule has 0 saturated carbocycles. The Balaban J connectivity index is 3.62. The lowest BCUT2D eigenvalue weighted by atomic mass is 10.1. The van der Waals surface area contributed by atoms with Gasteiger partial charge in [-0.15, -0.1) is 6.42 Å². The molecule has 1 unspecified atom stereocenters. The summed E-state index contributed by atoms with van der Waals surface area (Å²) < 4.78 is 0. The standard InChI is InChI=1S/C9H18N2/c1-5-8(6-2)11-7-9(3,4)10/h1,8,11H,6-7,10H2,2-4H3. The van der Waals surface area contributed by atoms with Gasteiger partial charge < -0.3 is 11.1 Å². The second-order valence-corrected chi connectivity index (χ2v) is 3.50. The third-order valence-corrected chi connectivity index (χ3v) is 1.41. The molecule has 64 valence electrons.